The molecule has 9 nitrogen and oxygen atoms in total. The van der Waals surface area contributed by atoms with E-state index in [1.165, 1.54) is 44.8 Å². The van der Waals surface area contributed by atoms with Gasteiger partial charge in [-0.2, -0.15) is 0 Å². The lowest BCUT2D eigenvalue weighted by Crippen LogP contribution is -2.64. The van der Waals surface area contributed by atoms with Gasteiger partial charge in [0.2, 0.25) is 0 Å². The van der Waals surface area contributed by atoms with Crippen molar-refractivity contribution in [3.63, 3.8) is 0 Å². The van der Waals surface area contributed by atoms with E-state index in [1.54, 1.807) is 6.08 Å². The SMILES string of the molecule is C=C[C@H](O)[C@H](O[C@H]1C=C[C@H]2O[C@H]3[C@H](OCc4ccc5ccccc5c4)[C@H]4O[C@@H](/C=C/[C@@H](COCc5ccc6ccccc6c5)OCc5ccc6ccccc6c5)C=CC[C@@H]4O[C@@H]3C[C@@H]2O[C@@H]1C=C)Sc1ccccc1. The molecule has 1 N–H and O–H groups in total. The number of hydrogen-bond donors (Lipinski definition) is 1. The first kappa shape index (κ1) is 51.1. The van der Waals surface area contributed by atoms with Crippen LogP contribution in [0.15, 0.2) is 224 Å². The summed E-state index contributed by atoms with van der Waals surface area (Å²) in [5, 5.41) is 18.1. The fourth-order valence-electron chi connectivity index (χ4n) is 10.6. The highest BCUT2D eigenvalue weighted by atomic mass is 32.2. The predicted octanol–water partition coefficient (Wildman–Crippen LogP) is 12.6. The second-order valence-corrected chi connectivity index (χ2v) is 20.9. The maximum Gasteiger partial charge on any atom is 0.138 e. The number of hydrogen-bond acceptors (Lipinski definition) is 10. The van der Waals surface area contributed by atoms with Crippen LogP contribution in [0.5, 0.6) is 0 Å². The normalized spacial score (nSPS) is 26.7. The molecule has 4 aliphatic heterocycles. The van der Waals surface area contributed by atoms with Gasteiger partial charge in [-0.05, 0) is 85.8 Å². The minimum Gasteiger partial charge on any atom is -0.385 e. The Kier molecular flexibility index (Phi) is 16.6. The highest BCUT2D eigenvalue weighted by Crippen LogP contribution is 2.41. The monoisotopic (exact) mass is 1020 g/mol. The number of thioether (sulfide) groups is 1. The number of benzene rings is 7. The summed E-state index contributed by atoms with van der Waals surface area (Å²) in [5.74, 6) is 0. The van der Waals surface area contributed by atoms with Crippen LogP contribution < -0.4 is 0 Å². The van der Waals surface area contributed by atoms with Gasteiger partial charge < -0.3 is 43.0 Å². The van der Waals surface area contributed by atoms with Gasteiger partial charge in [0, 0.05) is 11.3 Å². The van der Waals surface area contributed by atoms with Gasteiger partial charge in [0.05, 0.1) is 56.9 Å². The Morgan fingerprint density at radius 1 is 0.613 bits per heavy atom. The maximum atomic E-state index is 11.1. The fraction of sp³-hybridized carbons (Fsp3) is 0.292. The van der Waals surface area contributed by atoms with E-state index in [1.807, 2.05) is 42.5 Å². The van der Waals surface area contributed by atoms with Gasteiger partial charge in [-0.1, -0.05) is 188 Å². The van der Waals surface area contributed by atoms with E-state index < -0.39 is 54.3 Å². The summed E-state index contributed by atoms with van der Waals surface area (Å²) >= 11 is 1.43. The molecule has 13 atom stereocenters. The second-order valence-electron chi connectivity index (χ2n) is 19.7. The number of ether oxygens (including phenoxy) is 8. The Morgan fingerprint density at radius 3 is 1.88 bits per heavy atom. The van der Waals surface area contributed by atoms with E-state index in [9.17, 15) is 5.11 Å². The van der Waals surface area contributed by atoms with E-state index in [-0.39, 0.29) is 24.4 Å². The van der Waals surface area contributed by atoms with Crippen molar-refractivity contribution in [1.29, 1.82) is 0 Å². The molecular weight excluding hydrogens is 957 g/mol. The lowest BCUT2D eigenvalue weighted by atomic mass is 9.87. The van der Waals surface area contributed by atoms with Crippen molar-refractivity contribution >= 4 is 44.1 Å². The zero-order valence-corrected chi connectivity index (χ0v) is 42.7. The molecule has 0 amide bonds. The molecule has 0 spiro atoms. The van der Waals surface area contributed by atoms with Crippen LogP contribution in [0.4, 0.5) is 0 Å². The fourth-order valence-corrected chi connectivity index (χ4v) is 11.6. The molecule has 4 aliphatic rings. The van der Waals surface area contributed by atoms with Gasteiger partial charge >= 0.3 is 0 Å². The molecule has 2 saturated heterocycles. The molecule has 75 heavy (non-hydrogen) atoms. The lowest BCUT2D eigenvalue weighted by Gasteiger charge is -2.51. The molecule has 0 saturated carbocycles. The summed E-state index contributed by atoms with van der Waals surface area (Å²) in [4.78, 5) is 0.962. The first-order chi connectivity index (χ1) is 36.9. The van der Waals surface area contributed by atoms with Crippen LogP contribution in [0, 0.1) is 0 Å². The third kappa shape index (κ3) is 12.5. The Bertz CT molecular complexity index is 3140. The quantitative estimate of drug-likeness (QED) is 0.0479. The Morgan fingerprint density at radius 2 is 1.23 bits per heavy atom. The van der Waals surface area contributed by atoms with Crippen LogP contribution in [-0.2, 0) is 57.7 Å². The van der Waals surface area contributed by atoms with E-state index >= 15 is 0 Å². The Labute approximate surface area is 444 Å². The van der Waals surface area contributed by atoms with Crippen LogP contribution in [0.3, 0.4) is 0 Å². The summed E-state index contributed by atoms with van der Waals surface area (Å²) in [6, 6.07) is 54.3. The summed E-state index contributed by atoms with van der Waals surface area (Å²) in [7, 11) is 0. The molecule has 4 heterocycles. The summed E-state index contributed by atoms with van der Waals surface area (Å²) in [6.07, 6.45) is 11.0. The average molecular weight is 1020 g/mol. The van der Waals surface area contributed by atoms with Gasteiger partial charge in [0.1, 0.15) is 48.2 Å². The molecule has 7 aromatic carbocycles. The number of fused-ring (bicyclic) bond motifs is 6. The van der Waals surface area contributed by atoms with E-state index in [0.717, 1.165) is 27.0 Å². The first-order valence-corrected chi connectivity index (χ1v) is 27.0. The second kappa shape index (κ2) is 24.3. The van der Waals surface area contributed by atoms with Gasteiger partial charge in [-0.3, -0.25) is 0 Å². The Balaban J connectivity index is 0.834. The van der Waals surface area contributed by atoms with Gasteiger partial charge in [0.15, 0.2) is 0 Å². The summed E-state index contributed by atoms with van der Waals surface area (Å²) < 4.78 is 54.9. The lowest BCUT2D eigenvalue weighted by molar-refractivity contribution is -0.297. The van der Waals surface area contributed by atoms with Crippen molar-refractivity contribution in [3.05, 3.63) is 236 Å². The average Bonchev–Trinajstić information content (AvgIpc) is 3.77. The van der Waals surface area contributed by atoms with E-state index in [0.29, 0.717) is 39.3 Å². The van der Waals surface area contributed by atoms with Crippen molar-refractivity contribution in [2.45, 2.75) is 116 Å². The Hall–Kier alpha value is -5.99. The number of aliphatic hydroxyl groups excluding tert-OH is 1. The van der Waals surface area contributed by atoms with Crippen molar-refractivity contribution in [1.82, 2.24) is 0 Å². The smallest absolute Gasteiger partial charge is 0.138 e. The molecule has 0 unspecified atom stereocenters. The van der Waals surface area contributed by atoms with Crippen LogP contribution in [0.25, 0.3) is 32.3 Å². The van der Waals surface area contributed by atoms with Crippen molar-refractivity contribution < 1.29 is 43.0 Å². The van der Waals surface area contributed by atoms with Crippen molar-refractivity contribution in [2.75, 3.05) is 6.61 Å². The predicted molar refractivity (Wildman–Crippen MR) is 297 cm³/mol. The van der Waals surface area contributed by atoms with Crippen molar-refractivity contribution in [3.8, 4) is 0 Å². The molecule has 0 aromatic heterocycles. The van der Waals surface area contributed by atoms with Crippen LogP contribution >= 0.6 is 11.8 Å². The summed E-state index contributed by atoms with van der Waals surface area (Å²) in [5.41, 5.74) is 2.58. The molecule has 384 valence electrons. The van der Waals surface area contributed by atoms with E-state index in [2.05, 4.69) is 165 Å². The molecule has 7 aromatic rings. The van der Waals surface area contributed by atoms with E-state index in [4.69, 9.17) is 37.9 Å². The van der Waals surface area contributed by atoms with Crippen LogP contribution in [0.2, 0.25) is 0 Å². The molecular formula is C65H64O9S. The van der Waals surface area contributed by atoms with Crippen LogP contribution in [-0.4, -0.2) is 90.4 Å². The first-order valence-electron chi connectivity index (χ1n) is 26.1. The maximum absolute atomic E-state index is 11.1. The van der Waals surface area contributed by atoms with Gasteiger partial charge in [-0.25, -0.2) is 0 Å². The molecule has 0 bridgehead atoms. The van der Waals surface area contributed by atoms with Crippen LogP contribution in [0.1, 0.15) is 29.5 Å². The third-order valence-electron chi connectivity index (χ3n) is 14.5. The topological polar surface area (TPSA) is 94.1 Å². The largest absolute Gasteiger partial charge is 0.385 e. The summed E-state index contributed by atoms with van der Waals surface area (Å²) in [6.45, 7) is 9.55. The molecule has 2 fully saturated rings. The molecule has 0 aliphatic carbocycles. The van der Waals surface area contributed by atoms with Crippen molar-refractivity contribution in [2.24, 2.45) is 0 Å². The number of aliphatic hydroxyl groups is 1. The number of rotatable bonds is 19. The zero-order chi connectivity index (χ0) is 50.9. The third-order valence-corrected chi connectivity index (χ3v) is 15.7. The minimum absolute atomic E-state index is 0.323. The highest BCUT2D eigenvalue weighted by molar-refractivity contribution is 7.99. The minimum atomic E-state index is -0.934. The molecule has 11 rings (SSSR count). The molecule has 10 heteroatoms. The standard InChI is InChI=1S/C65H64O9S/c1-3-55(66)65(75-54-22-6-5-7-23-54)74-57-33-34-58-60(71-56(57)4-2)38-61-63(73-58)64(69-41-45-27-30-48-17-10-13-20-51(48)37-45)62-59(72-61)24-14-21-52(70-62)31-32-53(68-40-44-26-29-47-16-9-12-19-50(47)36-44)42-67-39-43-25-28-46-15-8-11-18-49(46)35-43/h3-23,25-37,52-53,55-66H,1-2,24,38-42H2/b32-31+/t52-,53+,55+,56-,57+,58-,59+,60+,61-,62+,63-,64-,65-/m1/s1. The van der Waals surface area contributed by atoms with Gasteiger partial charge in [0.25, 0.3) is 0 Å². The highest BCUT2D eigenvalue weighted by Gasteiger charge is 2.54. The molecule has 0 radical (unpaired) electrons. The zero-order valence-electron chi connectivity index (χ0n) is 41.9. The van der Waals surface area contributed by atoms with Gasteiger partial charge in [-0.15, -0.1) is 13.2 Å².